The van der Waals surface area contributed by atoms with Crippen LogP contribution in [-0.4, -0.2) is 59.8 Å². The van der Waals surface area contributed by atoms with Gasteiger partial charge in [0.1, 0.15) is 5.82 Å². The van der Waals surface area contributed by atoms with Crippen LogP contribution in [0, 0.1) is 0 Å². The van der Waals surface area contributed by atoms with E-state index in [-0.39, 0.29) is 5.03 Å². The number of aryl methyl sites for hydroxylation is 1. The largest absolute Gasteiger partial charge is 0.332 e. The van der Waals surface area contributed by atoms with Crippen LogP contribution in [0.4, 0.5) is 0 Å². The van der Waals surface area contributed by atoms with Gasteiger partial charge < -0.3 is 4.98 Å². The second-order valence-electron chi connectivity index (χ2n) is 5.60. The molecule has 1 aromatic rings. The third-order valence-electron chi connectivity index (χ3n) is 4.32. The smallest absolute Gasteiger partial charge is 0.260 e. The molecule has 2 fully saturated rings. The standard InChI is InChI=1S/C13H22N4O2S/c1-2-12-14-9-13(15-12)20(18,19)17-8-4-7-16-6-3-5-11(16)10-17/h9,11H,2-8,10H2,1H3,(H,14,15). The van der Waals surface area contributed by atoms with Crippen LogP contribution in [0.5, 0.6) is 0 Å². The monoisotopic (exact) mass is 298 g/mol. The molecule has 0 saturated carbocycles. The summed E-state index contributed by atoms with van der Waals surface area (Å²) in [6.45, 7) is 5.30. The Morgan fingerprint density at radius 1 is 1.35 bits per heavy atom. The van der Waals surface area contributed by atoms with Gasteiger partial charge >= 0.3 is 0 Å². The number of hydrogen-bond donors (Lipinski definition) is 1. The zero-order valence-corrected chi connectivity index (χ0v) is 12.7. The third-order valence-corrected chi connectivity index (χ3v) is 6.10. The van der Waals surface area contributed by atoms with Crippen molar-refractivity contribution in [2.75, 3.05) is 26.2 Å². The lowest BCUT2D eigenvalue weighted by molar-refractivity contribution is 0.257. The Hall–Kier alpha value is -0.920. The molecule has 2 saturated heterocycles. The molecule has 20 heavy (non-hydrogen) atoms. The molecule has 1 atom stereocenters. The highest BCUT2D eigenvalue weighted by Gasteiger charge is 2.34. The topological polar surface area (TPSA) is 69.3 Å². The molecular weight excluding hydrogens is 276 g/mol. The van der Waals surface area contributed by atoms with E-state index in [4.69, 9.17) is 0 Å². The zero-order chi connectivity index (χ0) is 14.2. The van der Waals surface area contributed by atoms with Crippen molar-refractivity contribution < 1.29 is 8.42 Å². The molecule has 3 rings (SSSR count). The van der Waals surface area contributed by atoms with Crippen molar-refractivity contribution in [1.29, 1.82) is 0 Å². The minimum Gasteiger partial charge on any atom is -0.332 e. The second-order valence-corrected chi connectivity index (χ2v) is 7.50. The van der Waals surface area contributed by atoms with E-state index in [9.17, 15) is 8.42 Å². The number of nitrogens with one attached hydrogen (secondary N) is 1. The summed E-state index contributed by atoms with van der Waals surface area (Å²) in [5.41, 5.74) is 0. The maximum Gasteiger partial charge on any atom is 0.260 e. The van der Waals surface area contributed by atoms with Crippen molar-refractivity contribution in [2.45, 2.75) is 43.7 Å². The molecule has 7 heteroatoms. The molecular formula is C13H22N4O2S. The molecule has 2 aliphatic rings. The fraction of sp³-hybridized carbons (Fsp3) is 0.769. The Labute approximate surface area is 120 Å². The van der Waals surface area contributed by atoms with E-state index >= 15 is 0 Å². The van der Waals surface area contributed by atoms with Crippen molar-refractivity contribution in [3.8, 4) is 0 Å². The Morgan fingerprint density at radius 3 is 2.90 bits per heavy atom. The summed E-state index contributed by atoms with van der Waals surface area (Å²) in [7, 11) is -3.42. The van der Waals surface area contributed by atoms with Gasteiger partial charge in [0.25, 0.3) is 10.0 Å². The highest BCUT2D eigenvalue weighted by molar-refractivity contribution is 7.89. The van der Waals surface area contributed by atoms with Crippen molar-refractivity contribution in [1.82, 2.24) is 19.2 Å². The normalized spacial score (nSPS) is 25.6. The summed E-state index contributed by atoms with van der Waals surface area (Å²) < 4.78 is 27.0. The zero-order valence-electron chi connectivity index (χ0n) is 11.9. The van der Waals surface area contributed by atoms with Crippen LogP contribution in [0.2, 0.25) is 0 Å². The van der Waals surface area contributed by atoms with Crippen LogP contribution in [-0.2, 0) is 16.4 Å². The van der Waals surface area contributed by atoms with Gasteiger partial charge in [-0.25, -0.2) is 13.4 Å². The lowest BCUT2D eigenvalue weighted by atomic mass is 10.2. The minimum absolute atomic E-state index is 0.237. The minimum atomic E-state index is -3.42. The summed E-state index contributed by atoms with van der Waals surface area (Å²) in [6, 6.07) is 0.390. The predicted octanol–water partition coefficient (Wildman–Crippen LogP) is 0.831. The molecule has 1 aromatic heterocycles. The van der Waals surface area contributed by atoms with Gasteiger partial charge in [-0.3, -0.25) is 4.90 Å². The number of imidazole rings is 1. The molecule has 1 N–H and O–H groups in total. The number of aromatic nitrogens is 2. The first-order valence-electron chi connectivity index (χ1n) is 7.39. The highest BCUT2D eigenvalue weighted by atomic mass is 32.2. The Kier molecular flexibility index (Phi) is 3.83. The molecule has 0 aromatic carbocycles. The summed E-state index contributed by atoms with van der Waals surface area (Å²) in [5, 5.41) is 0.237. The van der Waals surface area contributed by atoms with Gasteiger partial charge in [-0.15, -0.1) is 0 Å². The summed E-state index contributed by atoms with van der Waals surface area (Å²) >= 11 is 0. The fourth-order valence-electron chi connectivity index (χ4n) is 3.18. The first kappa shape index (κ1) is 14.0. The van der Waals surface area contributed by atoms with Gasteiger partial charge in [-0.2, -0.15) is 4.31 Å². The maximum atomic E-state index is 12.7. The van der Waals surface area contributed by atoms with Crippen LogP contribution < -0.4 is 0 Å². The molecule has 2 aliphatic heterocycles. The van der Waals surface area contributed by atoms with Gasteiger partial charge in [-0.1, -0.05) is 6.92 Å². The van der Waals surface area contributed by atoms with Crippen LogP contribution >= 0.6 is 0 Å². The molecule has 112 valence electrons. The van der Waals surface area contributed by atoms with Gasteiger partial charge in [0, 0.05) is 25.6 Å². The summed E-state index contributed by atoms with van der Waals surface area (Å²) in [5.74, 6) is 0.723. The fourth-order valence-corrected chi connectivity index (χ4v) is 4.63. The number of hydrogen-bond acceptors (Lipinski definition) is 4. The molecule has 0 aliphatic carbocycles. The lowest BCUT2D eigenvalue weighted by Crippen LogP contribution is -2.39. The molecule has 6 nitrogen and oxygen atoms in total. The lowest BCUT2D eigenvalue weighted by Gasteiger charge is -2.24. The number of aromatic amines is 1. The Morgan fingerprint density at radius 2 is 2.15 bits per heavy atom. The number of H-pyrrole nitrogens is 1. The number of rotatable bonds is 3. The van der Waals surface area contributed by atoms with Crippen molar-refractivity contribution in [3.63, 3.8) is 0 Å². The molecule has 3 heterocycles. The van der Waals surface area contributed by atoms with Crippen molar-refractivity contribution in [2.24, 2.45) is 0 Å². The molecule has 0 amide bonds. The maximum absolute atomic E-state index is 12.7. The van der Waals surface area contributed by atoms with Gasteiger partial charge in [0.15, 0.2) is 5.03 Å². The quantitative estimate of drug-likeness (QED) is 0.897. The third kappa shape index (κ3) is 2.49. The van der Waals surface area contributed by atoms with Crippen LogP contribution in [0.15, 0.2) is 11.2 Å². The van der Waals surface area contributed by atoms with E-state index in [2.05, 4.69) is 14.9 Å². The second kappa shape index (κ2) is 5.46. The SMILES string of the molecule is CCc1ncc(S(=O)(=O)N2CCCN3CCCC3C2)[nH]1. The van der Waals surface area contributed by atoms with Crippen molar-refractivity contribution in [3.05, 3.63) is 12.0 Å². The number of sulfonamides is 1. The van der Waals surface area contributed by atoms with E-state index in [0.717, 1.165) is 31.8 Å². The Balaban J connectivity index is 1.82. The van der Waals surface area contributed by atoms with E-state index in [1.165, 1.54) is 12.6 Å². The number of nitrogens with zero attached hydrogens (tertiary/aromatic N) is 3. The first-order valence-corrected chi connectivity index (χ1v) is 8.83. The van der Waals surface area contributed by atoms with E-state index in [1.807, 2.05) is 6.92 Å². The molecule has 1 unspecified atom stereocenters. The van der Waals surface area contributed by atoms with E-state index in [0.29, 0.717) is 25.6 Å². The molecule has 0 spiro atoms. The van der Waals surface area contributed by atoms with Crippen LogP contribution in [0.25, 0.3) is 0 Å². The average Bonchev–Trinajstić information content (AvgIpc) is 3.04. The molecule has 0 bridgehead atoms. The van der Waals surface area contributed by atoms with Crippen LogP contribution in [0.3, 0.4) is 0 Å². The summed E-state index contributed by atoms with van der Waals surface area (Å²) in [4.78, 5) is 9.47. The number of fused-ring (bicyclic) bond motifs is 1. The predicted molar refractivity (Wildman–Crippen MR) is 75.9 cm³/mol. The van der Waals surface area contributed by atoms with Crippen molar-refractivity contribution >= 4 is 10.0 Å². The van der Waals surface area contributed by atoms with Crippen LogP contribution in [0.1, 0.15) is 32.0 Å². The summed E-state index contributed by atoms with van der Waals surface area (Å²) in [6.07, 6.45) is 5.36. The first-order chi connectivity index (χ1) is 9.61. The van der Waals surface area contributed by atoms with Gasteiger partial charge in [0.2, 0.25) is 0 Å². The highest BCUT2D eigenvalue weighted by Crippen LogP contribution is 2.24. The van der Waals surface area contributed by atoms with Gasteiger partial charge in [0.05, 0.1) is 6.20 Å². The average molecular weight is 298 g/mol. The van der Waals surface area contributed by atoms with Gasteiger partial charge in [-0.05, 0) is 32.4 Å². The molecule has 0 radical (unpaired) electrons. The Bertz CT molecular complexity index is 569. The van der Waals surface area contributed by atoms with E-state index < -0.39 is 10.0 Å². The van der Waals surface area contributed by atoms with E-state index in [1.54, 1.807) is 4.31 Å².